The molecule has 3 rings (SSSR count). The maximum atomic E-state index is 12.4. The van der Waals surface area contributed by atoms with Crippen LogP contribution in [-0.4, -0.2) is 18.4 Å². The third-order valence-corrected chi connectivity index (χ3v) is 5.17. The summed E-state index contributed by atoms with van der Waals surface area (Å²) in [5.41, 5.74) is 9.09. The Bertz CT molecular complexity index is 788. The minimum atomic E-state index is 0. The van der Waals surface area contributed by atoms with E-state index in [1.807, 2.05) is 42.5 Å². The number of nitrogens with zero attached hydrogens (tertiary/aromatic N) is 1. The lowest BCUT2D eigenvalue weighted by Gasteiger charge is -2.20. The number of hydrogen-bond acceptors (Lipinski definition) is 2. The molecule has 0 spiro atoms. The van der Waals surface area contributed by atoms with Crippen molar-refractivity contribution >= 4 is 41.5 Å². The Hall–Kier alpha value is -2.09. The van der Waals surface area contributed by atoms with Gasteiger partial charge in [-0.1, -0.05) is 61.7 Å². The lowest BCUT2D eigenvalue weighted by molar-refractivity contribution is -0.120. The van der Waals surface area contributed by atoms with Crippen molar-refractivity contribution in [2.75, 3.05) is 11.9 Å². The third-order valence-electron chi connectivity index (χ3n) is 5.17. The summed E-state index contributed by atoms with van der Waals surface area (Å²) in [6.07, 6.45) is 6.46. The first kappa shape index (κ1) is 23.2. The number of carbonyl (C=O) groups is 1. The Morgan fingerprint density at radius 1 is 1.00 bits per heavy atom. The molecule has 156 valence electrons. The van der Waals surface area contributed by atoms with Gasteiger partial charge in [-0.3, -0.25) is 4.79 Å². The molecule has 6 heteroatoms. The number of rotatable bonds is 7. The molecule has 0 unspecified atom stereocenters. The Balaban J connectivity index is 0.00000300. The molecule has 4 N–H and O–H groups in total. The Morgan fingerprint density at radius 2 is 1.72 bits per heavy atom. The van der Waals surface area contributed by atoms with Gasteiger partial charge in [0.1, 0.15) is 0 Å². The van der Waals surface area contributed by atoms with E-state index in [-0.39, 0.29) is 35.8 Å². The summed E-state index contributed by atoms with van der Waals surface area (Å²) in [4.78, 5) is 16.8. The van der Waals surface area contributed by atoms with Crippen LogP contribution in [-0.2, 0) is 17.8 Å². The number of aliphatic imine (C=N–C) groups is 1. The Kier molecular flexibility index (Phi) is 9.97. The van der Waals surface area contributed by atoms with Gasteiger partial charge in [0.2, 0.25) is 5.91 Å². The van der Waals surface area contributed by atoms with Crippen molar-refractivity contribution < 1.29 is 4.79 Å². The quantitative estimate of drug-likeness (QED) is 0.295. The molecular formula is C23H31IN4O. The summed E-state index contributed by atoms with van der Waals surface area (Å²) in [5, 5.41) is 6.21. The van der Waals surface area contributed by atoms with Crippen LogP contribution in [0.25, 0.3) is 0 Å². The van der Waals surface area contributed by atoms with Crippen molar-refractivity contribution in [2.45, 2.75) is 45.1 Å². The minimum absolute atomic E-state index is 0. The molecule has 0 atom stereocenters. The van der Waals surface area contributed by atoms with Crippen molar-refractivity contribution in [2.24, 2.45) is 16.6 Å². The second kappa shape index (κ2) is 12.5. The molecule has 5 nitrogen and oxygen atoms in total. The molecule has 2 aromatic carbocycles. The number of halogens is 1. The van der Waals surface area contributed by atoms with Gasteiger partial charge in [0.05, 0.1) is 6.54 Å². The van der Waals surface area contributed by atoms with Gasteiger partial charge >= 0.3 is 0 Å². The molecule has 0 heterocycles. The van der Waals surface area contributed by atoms with E-state index < -0.39 is 0 Å². The maximum Gasteiger partial charge on any atom is 0.227 e. The van der Waals surface area contributed by atoms with E-state index in [4.69, 9.17) is 5.73 Å². The first-order valence-corrected chi connectivity index (χ1v) is 10.2. The summed E-state index contributed by atoms with van der Waals surface area (Å²) in [5.74, 6) is 0.731. The second-order valence-corrected chi connectivity index (χ2v) is 7.39. The van der Waals surface area contributed by atoms with Crippen molar-refractivity contribution in [3.63, 3.8) is 0 Å². The normalized spacial score (nSPS) is 14.7. The highest BCUT2D eigenvalue weighted by Gasteiger charge is 2.20. The average Bonchev–Trinajstić information content (AvgIpc) is 2.74. The maximum absolute atomic E-state index is 12.4. The van der Waals surface area contributed by atoms with Crippen LogP contribution < -0.4 is 16.4 Å². The molecule has 0 saturated heterocycles. The van der Waals surface area contributed by atoms with Crippen molar-refractivity contribution in [1.82, 2.24) is 5.32 Å². The molecule has 29 heavy (non-hydrogen) atoms. The monoisotopic (exact) mass is 506 g/mol. The highest BCUT2D eigenvalue weighted by Crippen LogP contribution is 2.25. The van der Waals surface area contributed by atoms with Crippen LogP contribution in [0.15, 0.2) is 59.6 Å². The Morgan fingerprint density at radius 3 is 2.48 bits per heavy atom. The topological polar surface area (TPSA) is 79.5 Å². The largest absolute Gasteiger partial charge is 0.370 e. The Labute approximate surface area is 190 Å². The van der Waals surface area contributed by atoms with E-state index in [9.17, 15) is 4.79 Å². The standard InChI is InChI=1S/C23H30N4O.HI/c24-23(25-15-14-18-8-3-1-4-9-18)26-17-19-10-7-13-21(16-19)27-22(28)20-11-5-2-6-12-20;/h1,3-4,7-10,13,16,20H,2,5-6,11-12,14-15,17H2,(H,27,28)(H3,24,25,26);1H. The lowest BCUT2D eigenvalue weighted by atomic mass is 9.88. The lowest BCUT2D eigenvalue weighted by Crippen LogP contribution is -2.33. The molecule has 1 saturated carbocycles. The van der Waals surface area contributed by atoms with Gasteiger partial charge in [-0.2, -0.15) is 0 Å². The molecule has 1 aliphatic carbocycles. The first-order valence-electron chi connectivity index (χ1n) is 10.2. The molecular weight excluding hydrogens is 475 g/mol. The molecule has 2 aromatic rings. The van der Waals surface area contributed by atoms with Crippen molar-refractivity contribution in [1.29, 1.82) is 0 Å². The number of nitrogens with one attached hydrogen (secondary N) is 2. The fraction of sp³-hybridized carbons (Fsp3) is 0.391. The van der Waals surface area contributed by atoms with Gasteiger partial charge in [0.25, 0.3) is 0 Å². The van der Waals surface area contributed by atoms with Gasteiger partial charge < -0.3 is 16.4 Å². The molecule has 0 radical (unpaired) electrons. The van der Waals surface area contributed by atoms with Crippen molar-refractivity contribution in [3.05, 3.63) is 65.7 Å². The van der Waals surface area contributed by atoms with Crippen LogP contribution in [0.1, 0.15) is 43.2 Å². The summed E-state index contributed by atoms with van der Waals surface area (Å²) in [7, 11) is 0. The van der Waals surface area contributed by atoms with E-state index in [1.165, 1.54) is 12.0 Å². The highest BCUT2D eigenvalue weighted by molar-refractivity contribution is 14.0. The summed E-state index contributed by atoms with van der Waals surface area (Å²) in [6, 6.07) is 18.1. The summed E-state index contributed by atoms with van der Waals surface area (Å²) >= 11 is 0. The van der Waals surface area contributed by atoms with Crippen LogP contribution in [0, 0.1) is 5.92 Å². The third kappa shape index (κ3) is 8.04. The predicted octanol–water partition coefficient (Wildman–Crippen LogP) is 4.47. The summed E-state index contributed by atoms with van der Waals surface area (Å²) < 4.78 is 0. The second-order valence-electron chi connectivity index (χ2n) is 7.39. The van der Waals surface area contributed by atoms with E-state index in [0.717, 1.165) is 49.9 Å². The van der Waals surface area contributed by atoms with E-state index >= 15 is 0 Å². The van der Waals surface area contributed by atoms with Crippen LogP contribution in [0.4, 0.5) is 5.69 Å². The van der Waals surface area contributed by atoms with E-state index in [2.05, 4.69) is 27.8 Å². The zero-order chi connectivity index (χ0) is 19.6. The fourth-order valence-corrected chi connectivity index (χ4v) is 3.57. The highest BCUT2D eigenvalue weighted by atomic mass is 127. The van der Waals surface area contributed by atoms with Crippen LogP contribution in [0.3, 0.4) is 0 Å². The zero-order valence-electron chi connectivity index (χ0n) is 16.8. The number of guanidine groups is 1. The van der Waals surface area contributed by atoms with Gasteiger partial charge in [-0.05, 0) is 42.5 Å². The average molecular weight is 506 g/mol. The van der Waals surface area contributed by atoms with E-state index in [1.54, 1.807) is 0 Å². The van der Waals surface area contributed by atoms with Crippen LogP contribution in [0.5, 0.6) is 0 Å². The number of carbonyl (C=O) groups excluding carboxylic acids is 1. The van der Waals surface area contributed by atoms with Gasteiger partial charge in [0.15, 0.2) is 5.96 Å². The zero-order valence-corrected chi connectivity index (χ0v) is 19.1. The number of benzene rings is 2. The molecule has 1 aliphatic rings. The van der Waals surface area contributed by atoms with Gasteiger partial charge in [0, 0.05) is 18.2 Å². The molecule has 0 aliphatic heterocycles. The van der Waals surface area contributed by atoms with Crippen molar-refractivity contribution in [3.8, 4) is 0 Å². The van der Waals surface area contributed by atoms with Crippen LogP contribution in [0.2, 0.25) is 0 Å². The molecule has 1 fully saturated rings. The summed E-state index contributed by atoms with van der Waals surface area (Å²) in [6.45, 7) is 1.23. The number of amides is 1. The smallest absolute Gasteiger partial charge is 0.227 e. The molecule has 1 amide bonds. The number of nitrogens with two attached hydrogens (primary N) is 1. The molecule has 0 aromatic heterocycles. The number of hydrogen-bond donors (Lipinski definition) is 3. The van der Waals surface area contributed by atoms with E-state index in [0.29, 0.717) is 12.5 Å². The predicted molar refractivity (Wildman–Crippen MR) is 131 cm³/mol. The van der Waals surface area contributed by atoms with Crippen LogP contribution >= 0.6 is 24.0 Å². The fourth-order valence-electron chi connectivity index (χ4n) is 3.57. The minimum Gasteiger partial charge on any atom is -0.370 e. The number of anilines is 1. The first-order chi connectivity index (χ1) is 13.7. The molecule has 0 bridgehead atoms. The van der Waals surface area contributed by atoms with Gasteiger partial charge in [-0.25, -0.2) is 4.99 Å². The SMILES string of the molecule is I.NC(=NCc1cccc(NC(=O)C2CCCCC2)c1)NCCc1ccccc1. The van der Waals surface area contributed by atoms with Gasteiger partial charge in [-0.15, -0.1) is 24.0 Å².